The van der Waals surface area contributed by atoms with E-state index in [2.05, 4.69) is 10.6 Å². The first-order valence-corrected chi connectivity index (χ1v) is 7.42. The maximum absolute atomic E-state index is 11.9. The summed E-state index contributed by atoms with van der Waals surface area (Å²) < 4.78 is 0. The van der Waals surface area contributed by atoms with E-state index in [1.54, 1.807) is 0 Å². The molecule has 0 aliphatic heterocycles. The Morgan fingerprint density at radius 2 is 2.05 bits per heavy atom. The second kappa shape index (κ2) is 6.54. The number of aromatic carboxylic acids is 1. The van der Waals surface area contributed by atoms with Gasteiger partial charge in [-0.1, -0.05) is 36.0 Å². The zero-order valence-corrected chi connectivity index (χ0v) is 13.0. The molecule has 2 amide bonds. The highest BCUT2D eigenvalue weighted by Crippen LogP contribution is 2.33. The minimum Gasteiger partial charge on any atom is -0.478 e. The number of halogens is 2. The van der Waals surface area contributed by atoms with Gasteiger partial charge in [0.1, 0.15) is 0 Å². The Hall–Kier alpha value is -1.46. The summed E-state index contributed by atoms with van der Waals surface area (Å²) in [4.78, 5) is 23.1. The number of hydrogen-bond acceptors (Lipinski definition) is 2. The highest BCUT2D eigenvalue weighted by molar-refractivity contribution is 6.37. The first-order chi connectivity index (χ1) is 9.86. The van der Waals surface area contributed by atoms with Crippen molar-refractivity contribution in [2.75, 3.05) is 5.32 Å². The van der Waals surface area contributed by atoms with Crippen molar-refractivity contribution in [2.45, 2.75) is 32.2 Å². The van der Waals surface area contributed by atoms with Crippen LogP contribution in [0.4, 0.5) is 10.5 Å². The molecule has 0 heterocycles. The predicted molar refractivity (Wildman–Crippen MR) is 82.4 cm³/mol. The Labute approximate surface area is 132 Å². The number of carbonyl (C=O) groups is 2. The molecule has 1 aliphatic carbocycles. The second-order valence-corrected chi connectivity index (χ2v) is 6.14. The maximum Gasteiger partial charge on any atom is 0.337 e. The molecule has 0 saturated heterocycles. The van der Waals surface area contributed by atoms with E-state index in [0.717, 1.165) is 6.42 Å². The molecule has 1 unspecified atom stereocenters. The van der Waals surface area contributed by atoms with Crippen LogP contribution in [0.25, 0.3) is 0 Å². The number of hydrogen-bond donors (Lipinski definition) is 3. The second-order valence-electron chi connectivity index (χ2n) is 5.29. The molecule has 21 heavy (non-hydrogen) atoms. The van der Waals surface area contributed by atoms with Crippen LogP contribution in [-0.2, 0) is 0 Å². The number of benzene rings is 1. The molecule has 0 spiro atoms. The predicted octanol–water partition coefficient (Wildman–Crippen LogP) is 4.00. The summed E-state index contributed by atoms with van der Waals surface area (Å²) in [6.45, 7) is 1.92. The Balaban J connectivity index is 2.07. The third-order valence-corrected chi connectivity index (χ3v) is 3.80. The molecule has 2 rings (SSSR count). The van der Waals surface area contributed by atoms with Crippen LogP contribution in [0.3, 0.4) is 0 Å². The summed E-state index contributed by atoms with van der Waals surface area (Å²) in [6.07, 6.45) is 3.34. The van der Waals surface area contributed by atoms with Gasteiger partial charge in [-0.15, -0.1) is 0 Å². The monoisotopic (exact) mass is 330 g/mol. The summed E-state index contributed by atoms with van der Waals surface area (Å²) in [6, 6.07) is 2.18. The summed E-state index contributed by atoms with van der Waals surface area (Å²) in [7, 11) is 0. The Morgan fingerprint density at radius 3 is 2.62 bits per heavy atom. The molecule has 0 radical (unpaired) electrons. The number of carboxylic acid groups (broad SMARTS) is 1. The van der Waals surface area contributed by atoms with E-state index >= 15 is 0 Å². The van der Waals surface area contributed by atoms with Crippen molar-refractivity contribution in [3.05, 3.63) is 27.7 Å². The summed E-state index contributed by atoms with van der Waals surface area (Å²) in [5.74, 6) is -0.519. The Morgan fingerprint density at radius 1 is 1.38 bits per heavy atom. The molecule has 0 aromatic heterocycles. The van der Waals surface area contributed by atoms with Gasteiger partial charge in [0.05, 0.1) is 16.3 Å². The van der Waals surface area contributed by atoms with E-state index in [1.165, 1.54) is 25.0 Å². The molecule has 1 atom stereocenters. The van der Waals surface area contributed by atoms with Gasteiger partial charge >= 0.3 is 12.0 Å². The van der Waals surface area contributed by atoms with E-state index < -0.39 is 12.0 Å². The van der Waals surface area contributed by atoms with Crippen LogP contribution >= 0.6 is 23.2 Å². The van der Waals surface area contributed by atoms with Crippen LogP contribution in [-0.4, -0.2) is 23.1 Å². The molecule has 5 nitrogen and oxygen atoms in total. The summed E-state index contributed by atoms with van der Waals surface area (Å²) >= 11 is 11.7. The Kier molecular flexibility index (Phi) is 4.96. The zero-order chi connectivity index (χ0) is 15.6. The number of nitrogens with one attached hydrogen (secondary N) is 2. The minimum atomic E-state index is -1.21. The van der Waals surface area contributed by atoms with Crippen LogP contribution in [0.15, 0.2) is 12.1 Å². The lowest BCUT2D eigenvalue weighted by molar-refractivity contribution is 0.0698. The van der Waals surface area contributed by atoms with E-state index in [4.69, 9.17) is 28.3 Å². The first kappa shape index (κ1) is 15.9. The molecule has 1 saturated carbocycles. The van der Waals surface area contributed by atoms with Gasteiger partial charge in [-0.25, -0.2) is 9.59 Å². The lowest BCUT2D eigenvalue weighted by Gasteiger charge is -2.16. The molecule has 0 bridgehead atoms. The molecule has 3 N–H and O–H groups in total. The van der Waals surface area contributed by atoms with Crippen molar-refractivity contribution in [1.82, 2.24) is 5.32 Å². The van der Waals surface area contributed by atoms with E-state index in [-0.39, 0.29) is 27.3 Å². The fraction of sp³-hybridized carbons (Fsp3) is 0.429. The molecular formula is C14H16Cl2N2O3. The zero-order valence-electron chi connectivity index (χ0n) is 11.5. The Bertz CT molecular complexity index is 574. The van der Waals surface area contributed by atoms with Gasteiger partial charge < -0.3 is 15.7 Å². The smallest absolute Gasteiger partial charge is 0.337 e. The van der Waals surface area contributed by atoms with E-state index in [9.17, 15) is 9.59 Å². The lowest BCUT2D eigenvalue weighted by atomic mass is 10.1. The number of carboxylic acids is 1. The third kappa shape index (κ3) is 4.51. The van der Waals surface area contributed by atoms with E-state index in [1.807, 2.05) is 6.92 Å². The number of carbonyl (C=O) groups excluding carboxylic acids is 1. The van der Waals surface area contributed by atoms with Crippen molar-refractivity contribution in [3.8, 4) is 0 Å². The van der Waals surface area contributed by atoms with Crippen molar-refractivity contribution in [2.24, 2.45) is 5.92 Å². The molecule has 1 aromatic carbocycles. The molecule has 1 aliphatic rings. The summed E-state index contributed by atoms with van der Waals surface area (Å²) in [5, 5.41) is 14.7. The highest BCUT2D eigenvalue weighted by Gasteiger charge is 2.24. The van der Waals surface area contributed by atoms with Gasteiger partial charge in [0.2, 0.25) is 0 Å². The molecule has 114 valence electrons. The molecular weight excluding hydrogens is 315 g/mol. The van der Waals surface area contributed by atoms with Crippen LogP contribution in [0.5, 0.6) is 0 Å². The third-order valence-electron chi connectivity index (χ3n) is 3.29. The van der Waals surface area contributed by atoms with Crippen LogP contribution in [0.2, 0.25) is 10.0 Å². The van der Waals surface area contributed by atoms with Crippen molar-refractivity contribution < 1.29 is 14.7 Å². The van der Waals surface area contributed by atoms with Crippen molar-refractivity contribution in [1.29, 1.82) is 0 Å². The van der Waals surface area contributed by atoms with E-state index in [0.29, 0.717) is 5.92 Å². The van der Waals surface area contributed by atoms with Gasteiger partial charge in [-0.3, -0.25) is 0 Å². The SMILES string of the molecule is CC(CC1CC1)NC(=O)Nc1c(Cl)cc(Cl)cc1C(=O)O. The highest BCUT2D eigenvalue weighted by atomic mass is 35.5. The quantitative estimate of drug-likeness (QED) is 0.763. The fourth-order valence-corrected chi connectivity index (χ4v) is 2.70. The van der Waals surface area contributed by atoms with Gasteiger partial charge in [0, 0.05) is 11.1 Å². The van der Waals surface area contributed by atoms with Crippen LogP contribution < -0.4 is 10.6 Å². The maximum atomic E-state index is 11.9. The van der Waals surface area contributed by atoms with Gasteiger partial charge in [-0.2, -0.15) is 0 Å². The van der Waals surface area contributed by atoms with Crippen molar-refractivity contribution >= 4 is 40.9 Å². The average Bonchev–Trinajstić information content (AvgIpc) is 3.15. The number of amides is 2. The largest absolute Gasteiger partial charge is 0.478 e. The van der Waals surface area contributed by atoms with Crippen LogP contribution in [0, 0.1) is 5.92 Å². The topological polar surface area (TPSA) is 78.4 Å². The molecule has 1 fully saturated rings. The minimum absolute atomic E-state index is 0.0249. The van der Waals surface area contributed by atoms with Gasteiger partial charge in [0.25, 0.3) is 0 Å². The first-order valence-electron chi connectivity index (χ1n) is 6.66. The number of anilines is 1. The lowest BCUT2D eigenvalue weighted by Crippen LogP contribution is -2.36. The van der Waals surface area contributed by atoms with Gasteiger partial charge in [0.15, 0.2) is 0 Å². The molecule has 1 aromatic rings. The number of urea groups is 1. The van der Waals surface area contributed by atoms with Crippen molar-refractivity contribution in [3.63, 3.8) is 0 Å². The normalized spacial score (nSPS) is 15.4. The van der Waals surface area contributed by atoms with Crippen LogP contribution in [0.1, 0.15) is 36.5 Å². The molecule has 7 heteroatoms. The average molecular weight is 331 g/mol. The standard InChI is InChI=1S/C14H16Cl2N2O3/c1-7(4-8-2-3-8)17-14(21)18-12-10(13(19)20)5-9(15)6-11(12)16/h5-8H,2-4H2,1H3,(H,19,20)(H2,17,18,21). The summed E-state index contributed by atoms with van der Waals surface area (Å²) in [5.41, 5.74) is -0.0952. The fourth-order valence-electron chi connectivity index (χ4n) is 2.16. The number of rotatable bonds is 5. The van der Waals surface area contributed by atoms with Gasteiger partial charge in [-0.05, 0) is 31.4 Å².